The monoisotopic (exact) mass is 356 g/mol. The van der Waals surface area contributed by atoms with Gasteiger partial charge in [-0.05, 0) is 54.6 Å². The van der Waals surface area contributed by atoms with E-state index in [2.05, 4.69) is 45.1 Å². The molecule has 6 heteroatoms. The third-order valence-electron chi connectivity index (χ3n) is 4.28. The maximum absolute atomic E-state index is 12.0. The van der Waals surface area contributed by atoms with Gasteiger partial charge in [-0.15, -0.1) is 0 Å². The van der Waals surface area contributed by atoms with E-state index < -0.39 is 0 Å². The molecule has 1 saturated heterocycles. The average molecular weight is 357 g/mol. The quantitative estimate of drug-likeness (QED) is 0.877. The number of aryl methyl sites for hydroxylation is 1. The molecule has 1 N–H and O–H groups in total. The maximum atomic E-state index is 12.0. The molecule has 5 nitrogen and oxygen atoms in total. The summed E-state index contributed by atoms with van der Waals surface area (Å²) in [6.45, 7) is 7.49. The summed E-state index contributed by atoms with van der Waals surface area (Å²) in [5, 5.41) is 7.74. The van der Waals surface area contributed by atoms with E-state index >= 15 is 0 Å². The van der Waals surface area contributed by atoms with E-state index in [0.717, 1.165) is 38.2 Å². The van der Waals surface area contributed by atoms with Gasteiger partial charge < -0.3 is 10.2 Å². The van der Waals surface area contributed by atoms with Crippen LogP contribution in [0.3, 0.4) is 0 Å². The van der Waals surface area contributed by atoms with Crippen LogP contribution in [0.2, 0.25) is 0 Å². The van der Waals surface area contributed by atoms with Crippen LogP contribution in [-0.2, 0) is 7.05 Å². The molecular weight excluding hydrogens is 332 g/mol. The number of piperidine rings is 1. The molecule has 1 aromatic heterocycles. The van der Waals surface area contributed by atoms with Crippen LogP contribution < -0.4 is 15.8 Å². The molecule has 0 radical (unpaired) electrons. The van der Waals surface area contributed by atoms with Gasteiger partial charge in [0.1, 0.15) is 4.47 Å². The summed E-state index contributed by atoms with van der Waals surface area (Å²) in [6, 6.07) is 0.506. The van der Waals surface area contributed by atoms with E-state index in [4.69, 9.17) is 0 Å². The van der Waals surface area contributed by atoms with Crippen LogP contribution in [0.1, 0.15) is 33.1 Å². The molecule has 0 aliphatic carbocycles. The van der Waals surface area contributed by atoms with Crippen LogP contribution >= 0.6 is 15.9 Å². The Morgan fingerprint density at radius 3 is 3.05 bits per heavy atom. The van der Waals surface area contributed by atoms with Crippen molar-refractivity contribution in [2.24, 2.45) is 13.0 Å². The first-order valence-corrected chi connectivity index (χ1v) is 8.54. The molecule has 2 rings (SSSR count). The topological polar surface area (TPSA) is 50.2 Å². The van der Waals surface area contributed by atoms with Crippen LogP contribution in [0.4, 0.5) is 5.69 Å². The number of nitrogens with zero attached hydrogens (tertiary/aromatic N) is 3. The average Bonchev–Trinajstić information content (AvgIpc) is 2.50. The lowest BCUT2D eigenvalue weighted by atomic mass is 9.91. The summed E-state index contributed by atoms with van der Waals surface area (Å²) in [5.74, 6) is 0.612. The molecule has 0 saturated carbocycles. The second kappa shape index (κ2) is 7.40. The van der Waals surface area contributed by atoms with Gasteiger partial charge in [0.2, 0.25) is 0 Å². The number of nitrogens with one attached hydrogen (secondary N) is 1. The summed E-state index contributed by atoms with van der Waals surface area (Å²) in [6.07, 6.45) is 5.34. The van der Waals surface area contributed by atoms with Gasteiger partial charge >= 0.3 is 0 Å². The lowest BCUT2D eigenvalue weighted by molar-refractivity contribution is 0.320. The van der Waals surface area contributed by atoms with Crippen molar-refractivity contribution < 1.29 is 0 Å². The van der Waals surface area contributed by atoms with Crippen LogP contribution in [0.25, 0.3) is 0 Å². The van der Waals surface area contributed by atoms with Gasteiger partial charge in [-0.25, -0.2) is 4.68 Å². The van der Waals surface area contributed by atoms with Crippen molar-refractivity contribution in [1.29, 1.82) is 0 Å². The third-order valence-corrected chi connectivity index (χ3v) is 5.03. The Morgan fingerprint density at radius 2 is 2.33 bits per heavy atom. The van der Waals surface area contributed by atoms with Crippen molar-refractivity contribution in [1.82, 2.24) is 15.1 Å². The molecule has 1 fully saturated rings. The number of halogens is 1. The number of aromatic nitrogens is 2. The predicted octanol–water partition coefficient (Wildman–Crippen LogP) is 2.15. The largest absolute Gasteiger partial charge is 0.369 e. The molecule has 2 heterocycles. The summed E-state index contributed by atoms with van der Waals surface area (Å²) in [7, 11) is 1.67. The maximum Gasteiger partial charge on any atom is 0.282 e. The highest BCUT2D eigenvalue weighted by Gasteiger charge is 2.26. The highest BCUT2D eigenvalue weighted by molar-refractivity contribution is 9.10. The molecule has 1 aliphatic rings. The van der Waals surface area contributed by atoms with E-state index in [9.17, 15) is 4.79 Å². The minimum atomic E-state index is -0.0771. The van der Waals surface area contributed by atoms with Crippen molar-refractivity contribution in [2.45, 2.75) is 39.2 Å². The molecule has 1 aromatic rings. The Hall–Kier alpha value is -0.880. The van der Waals surface area contributed by atoms with Crippen LogP contribution in [0.5, 0.6) is 0 Å². The Balaban J connectivity index is 2.11. The van der Waals surface area contributed by atoms with Gasteiger partial charge in [0.05, 0.1) is 11.9 Å². The molecule has 118 valence electrons. The summed E-state index contributed by atoms with van der Waals surface area (Å²) in [4.78, 5) is 14.3. The summed E-state index contributed by atoms with van der Waals surface area (Å²) < 4.78 is 1.98. The van der Waals surface area contributed by atoms with Gasteiger partial charge in [0, 0.05) is 26.2 Å². The van der Waals surface area contributed by atoms with E-state index in [0.29, 0.717) is 16.4 Å². The van der Waals surface area contributed by atoms with Crippen molar-refractivity contribution in [2.75, 3.05) is 24.5 Å². The molecule has 2 atom stereocenters. The highest BCUT2D eigenvalue weighted by Crippen LogP contribution is 2.28. The standard InChI is InChI=1S/C15H25BrN4O/c1-4-7-17-11(2)12-6-5-8-20(10-12)13-9-18-19(3)15(21)14(13)16/h9,11-12,17H,4-8,10H2,1-3H3. The highest BCUT2D eigenvalue weighted by atomic mass is 79.9. The first-order chi connectivity index (χ1) is 10.0. The Morgan fingerprint density at radius 1 is 1.57 bits per heavy atom. The summed E-state index contributed by atoms with van der Waals surface area (Å²) >= 11 is 3.43. The molecular formula is C15H25BrN4O. The minimum Gasteiger partial charge on any atom is -0.369 e. The normalized spacial score (nSPS) is 20.6. The molecule has 1 aliphatic heterocycles. The zero-order valence-electron chi connectivity index (χ0n) is 13.1. The Kier molecular flexibility index (Phi) is 5.81. The fourth-order valence-electron chi connectivity index (χ4n) is 2.90. The fraction of sp³-hybridized carbons (Fsp3) is 0.733. The van der Waals surface area contributed by atoms with Crippen molar-refractivity contribution in [3.8, 4) is 0 Å². The molecule has 0 bridgehead atoms. The fourth-order valence-corrected chi connectivity index (χ4v) is 3.51. The van der Waals surface area contributed by atoms with Crippen molar-refractivity contribution in [3.63, 3.8) is 0 Å². The van der Waals surface area contributed by atoms with E-state index in [1.807, 2.05) is 0 Å². The Labute approximate surface area is 134 Å². The molecule has 0 spiro atoms. The molecule has 0 amide bonds. The molecule has 0 aromatic carbocycles. The number of rotatable bonds is 5. The first kappa shape index (κ1) is 16.5. The van der Waals surface area contributed by atoms with Crippen LogP contribution in [0.15, 0.2) is 15.5 Å². The molecule has 2 unspecified atom stereocenters. The van der Waals surface area contributed by atoms with Crippen molar-refractivity contribution >= 4 is 21.6 Å². The lowest BCUT2D eigenvalue weighted by Crippen LogP contribution is -2.45. The van der Waals surface area contributed by atoms with Crippen LogP contribution in [-0.4, -0.2) is 35.5 Å². The Bertz CT molecular complexity index is 531. The van der Waals surface area contributed by atoms with Crippen LogP contribution in [0, 0.1) is 5.92 Å². The second-order valence-corrected chi connectivity index (χ2v) is 6.66. The van der Waals surface area contributed by atoms with E-state index in [-0.39, 0.29) is 5.56 Å². The number of hydrogen-bond acceptors (Lipinski definition) is 4. The van der Waals surface area contributed by atoms with Gasteiger partial charge in [0.25, 0.3) is 5.56 Å². The van der Waals surface area contributed by atoms with Gasteiger partial charge in [-0.3, -0.25) is 4.79 Å². The van der Waals surface area contributed by atoms with E-state index in [1.54, 1.807) is 13.2 Å². The summed E-state index contributed by atoms with van der Waals surface area (Å²) in [5.41, 5.74) is 0.845. The number of anilines is 1. The first-order valence-electron chi connectivity index (χ1n) is 7.74. The second-order valence-electron chi connectivity index (χ2n) is 5.86. The predicted molar refractivity (Wildman–Crippen MR) is 89.9 cm³/mol. The van der Waals surface area contributed by atoms with Gasteiger partial charge in [0.15, 0.2) is 0 Å². The zero-order valence-corrected chi connectivity index (χ0v) is 14.7. The zero-order chi connectivity index (χ0) is 15.4. The third kappa shape index (κ3) is 3.86. The minimum absolute atomic E-state index is 0.0771. The van der Waals surface area contributed by atoms with Gasteiger partial charge in [-0.1, -0.05) is 6.92 Å². The number of hydrogen-bond donors (Lipinski definition) is 1. The smallest absolute Gasteiger partial charge is 0.282 e. The lowest BCUT2D eigenvalue weighted by Gasteiger charge is -2.37. The van der Waals surface area contributed by atoms with Gasteiger partial charge in [-0.2, -0.15) is 5.10 Å². The molecule has 21 heavy (non-hydrogen) atoms. The SMILES string of the molecule is CCCNC(C)C1CCCN(c2cnn(C)c(=O)c2Br)C1. The van der Waals surface area contributed by atoms with E-state index in [1.165, 1.54) is 11.1 Å². The van der Waals surface area contributed by atoms with Crippen molar-refractivity contribution in [3.05, 3.63) is 21.0 Å².